The van der Waals surface area contributed by atoms with E-state index in [-0.39, 0.29) is 11.5 Å². The third-order valence-corrected chi connectivity index (χ3v) is 7.07. The maximum atomic E-state index is 13.5. The van der Waals surface area contributed by atoms with Crippen molar-refractivity contribution in [1.29, 1.82) is 0 Å². The number of esters is 1. The van der Waals surface area contributed by atoms with Gasteiger partial charge in [0.25, 0.3) is 0 Å². The molecule has 1 aliphatic rings. The van der Waals surface area contributed by atoms with Gasteiger partial charge in [0.05, 0.1) is 37.3 Å². The number of aryl methyl sites for hydroxylation is 1. The van der Waals surface area contributed by atoms with Crippen molar-refractivity contribution in [3.8, 4) is 11.3 Å². The summed E-state index contributed by atoms with van der Waals surface area (Å²) >= 11 is 0. The number of hydrogen-bond donors (Lipinski definition) is 1. The highest BCUT2D eigenvalue weighted by Gasteiger charge is 2.21. The van der Waals surface area contributed by atoms with E-state index in [4.69, 9.17) is 13.9 Å². The van der Waals surface area contributed by atoms with Gasteiger partial charge in [-0.3, -0.25) is 4.79 Å². The predicted octanol–water partition coefficient (Wildman–Crippen LogP) is 5.87. The van der Waals surface area contributed by atoms with Crippen LogP contribution in [0, 0.1) is 13.8 Å². The van der Waals surface area contributed by atoms with Crippen LogP contribution in [-0.4, -0.2) is 39.4 Å². The number of methoxy groups -OCH3 is 1. The van der Waals surface area contributed by atoms with Crippen LogP contribution in [0.4, 0.5) is 11.4 Å². The Hall–Kier alpha value is -4.10. The van der Waals surface area contributed by atoms with Crippen molar-refractivity contribution < 1.29 is 18.7 Å². The van der Waals surface area contributed by atoms with Crippen molar-refractivity contribution in [3.63, 3.8) is 0 Å². The summed E-state index contributed by atoms with van der Waals surface area (Å²) < 4.78 is 16.9. The van der Waals surface area contributed by atoms with Gasteiger partial charge in [-0.1, -0.05) is 18.2 Å². The number of rotatable bonds is 6. The Balaban J connectivity index is 1.56. The molecule has 1 aliphatic heterocycles. The maximum absolute atomic E-state index is 13.5. The molecule has 0 unspecified atom stereocenters. The Bertz CT molecular complexity index is 1530. The van der Waals surface area contributed by atoms with Gasteiger partial charge in [0.15, 0.2) is 5.43 Å². The number of carbonyl (C=O) groups excluding carboxylic acids is 1. The first kappa shape index (κ1) is 25.5. The van der Waals surface area contributed by atoms with Crippen molar-refractivity contribution in [2.75, 3.05) is 43.6 Å². The van der Waals surface area contributed by atoms with Crippen molar-refractivity contribution in [3.05, 3.63) is 93.1 Å². The molecule has 5 rings (SSSR count). The van der Waals surface area contributed by atoms with Crippen molar-refractivity contribution >= 4 is 28.3 Å². The predicted molar refractivity (Wildman–Crippen MR) is 150 cm³/mol. The zero-order valence-corrected chi connectivity index (χ0v) is 22.2. The largest absolute Gasteiger partial charge is 0.465 e. The van der Waals surface area contributed by atoms with E-state index in [9.17, 15) is 9.59 Å². The number of carbonyl (C=O) groups is 1. The minimum atomic E-state index is -0.417. The fourth-order valence-corrected chi connectivity index (χ4v) is 5.02. The van der Waals surface area contributed by atoms with Gasteiger partial charge < -0.3 is 24.1 Å². The van der Waals surface area contributed by atoms with E-state index in [0.717, 1.165) is 48.7 Å². The lowest BCUT2D eigenvalue weighted by molar-refractivity contribution is 0.0601. The summed E-state index contributed by atoms with van der Waals surface area (Å²) in [6.07, 6.45) is 0. The summed E-state index contributed by atoms with van der Waals surface area (Å²) in [5.41, 5.74) is 5.91. The van der Waals surface area contributed by atoms with Crippen LogP contribution >= 0.6 is 0 Å². The van der Waals surface area contributed by atoms with Gasteiger partial charge in [0.1, 0.15) is 11.3 Å². The van der Waals surface area contributed by atoms with Gasteiger partial charge in [-0.05, 0) is 68.8 Å². The van der Waals surface area contributed by atoms with Gasteiger partial charge in [-0.2, -0.15) is 0 Å². The highest BCUT2D eigenvalue weighted by atomic mass is 16.5. The number of fused-ring (bicyclic) bond motifs is 1. The molecule has 4 aromatic rings. The molecule has 0 aliphatic carbocycles. The van der Waals surface area contributed by atoms with Gasteiger partial charge in [-0.15, -0.1) is 0 Å². The molecule has 0 saturated carbocycles. The first-order chi connectivity index (χ1) is 18.4. The second-order valence-corrected chi connectivity index (χ2v) is 9.67. The van der Waals surface area contributed by atoms with Crippen LogP contribution in [0.15, 0.2) is 69.9 Å². The number of morpholine rings is 1. The molecule has 1 N–H and O–H groups in total. The van der Waals surface area contributed by atoms with E-state index < -0.39 is 5.97 Å². The van der Waals surface area contributed by atoms with Crippen molar-refractivity contribution in [2.24, 2.45) is 0 Å². The summed E-state index contributed by atoms with van der Waals surface area (Å²) in [4.78, 5) is 28.1. The van der Waals surface area contributed by atoms with Gasteiger partial charge in [0, 0.05) is 41.2 Å². The molecule has 0 spiro atoms. The van der Waals surface area contributed by atoms with E-state index in [0.29, 0.717) is 33.5 Å². The quantitative estimate of drug-likeness (QED) is 0.324. The minimum Gasteiger partial charge on any atom is -0.465 e. The van der Waals surface area contributed by atoms with Crippen LogP contribution in [0.5, 0.6) is 0 Å². The van der Waals surface area contributed by atoms with Crippen LogP contribution in [0.25, 0.3) is 22.3 Å². The second-order valence-electron chi connectivity index (χ2n) is 9.67. The number of nitrogens with zero attached hydrogens (tertiary/aromatic N) is 1. The molecule has 0 bridgehead atoms. The first-order valence-electron chi connectivity index (χ1n) is 12.8. The Morgan fingerprint density at radius 2 is 1.74 bits per heavy atom. The van der Waals surface area contributed by atoms with Crippen LogP contribution < -0.4 is 15.6 Å². The van der Waals surface area contributed by atoms with Crippen molar-refractivity contribution in [2.45, 2.75) is 26.8 Å². The van der Waals surface area contributed by atoms with Crippen molar-refractivity contribution in [1.82, 2.24) is 0 Å². The molecule has 1 aromatic heterocycles. The summed E-state index contributed by atoms with van der Waals surface area (Å²) in [6.45, 7) is 8.92. The summed E-state index contributed by atoms with van der Waals surface area (Å²) in [5.74, 6) is 0.141. The van der Waals surface area contributed by atoms with Gasteiger partial charge in [-0.25, -0.2) is 4.79 Å². The zero-order chi connectivity index (χ0) is 26.8. The first-order valence-corrected chi connectivity index (χ1v) is 12.8. The lowest BCUT2D eigenvalue weighted by atomic mass is 9.98. The zero-order valence-electron chi connectivity index (χ0n) is 22.2. The fourth-order valence-electron chi connectivity index (χ4n) is 5.02. The molecule has 1 atom stereocenters. The van der Waals surface area contributed by atoms with E-state index >= 15 is 0 Å². The average molecular weight is 513 g/mol. The molecule has 38 heavy (non-hydrogen) atoms. The lowest BCUT2D eigenvalue weighted by Gasteiger charge is -2.28. The number of anilines is 2. The average Bonchev–Trinajstić information content (AvgIpc) is 2.95. The Labute approximate surface area is 222 Å². The maximum Gasteiger partial charge on any atom is 0.339 e. The third kappa shape index (κ3) is 4.89. The lowest BCUT2D eigenvalue weighted by Crippen LogP contribution is -2.36. The minimum absolute atomic E-state index is 0.0504. The Kier molecular flexibility index (Phi) is 7.20. The number of ether oxygens (including phenoxy) is 2. The molecule has 0 amide bonds. The highest BCUT2D eigenvalue weighted by molar-refractivity contribution is 5.95. The number of nitrogens with one attached hydrogen (secondary N) is 1. The van der Waals surface area contributed by atoms with Gasteiger partial charge in [0.2, 0.25) is 0 Å². The normalized spacial score (nSPS) is 14.4. The van der Waals surface area contributed by atoms with Crippen LogP contribution in [0.1, 0.15) is 40.0 Å². The standard InChI is InChI=1S/C31H32N2O5/c1-19-17-25(21(3)32-27-8-6-5-7-24(27)31(35)36-4)30-26(18-19)28(34)20(2)29(38-30)22-9-11-23(12-10-22)33-13-15-37-16-14-33/h5-12,17-18,21,32H,13-16H2,1-4H3/t21-/m1/s1. The van der Waals surface area contributed by atoms with Crippen LogP contribution in [-0.2, 0) is 9.47 Å². The van der Waals surface area contributed by atoms with Crippen LogP contribution in [0.2, 0.25) is 0 Å². The molecule has 7 nitrogen and oxygen atoms in total. The summed E-state index contributed by atoms with van der Waals surface area (Å²) in [6, 6.07) is 19.0. The van der Waals surface area contributed by atoms with Crippen LogP contribution in [0.3, 0.4) is 0 Å². The molecular formula is C31H32N2O5. The molecule has 3 aromatic carbocycles. The topological polar surface area (TPSA) is 81.0 Å². The fraction of sp³-hybridized carbons (Fsp3) is 0.290. The smallest absolute Gasteiger partial charge is 0.339 e. The van der Waals surface area contributed by atoms with Gasteiger partial charge >= 0.3 is 5.97 Å². The second kappa shape index (κ2) is 10.7. The summed E-state index contributed by atoms with van der Waals surface area (Å²) in [7, 11) is 1.36. The van der Waals surface area contributed by atoms with E-state index in [2.05, 4.69) is 22.3 Å². The van der Waals surface area contributed by atoms with E-state index in [1.165, 1.54) is 7.11 Å². The van der Waals surface area contributed by atoms with E-state index in [1.54, 1.807) is 12.1 Å². The summed E-state index contributed by atoms with van der Waals surface area (Å²) in [5, 5.41) is 3.96. The molecule has 1 saturated heterocycles. The molecule has 196 valence electrons. The highest BCUT2D eigenvalue weighted by Crippen LogP contribution is 2.33. The molecule has 0 radical (unpaired) electrons. The Morgan fingerprint density at radius 1 is 1.03 bits per heavy atom. The Morgan fingerprint density at radius 3 is 2.45 bits per heavy atom. The number of benzene rings is 3. The van der Waals surface area contributed by atoms with E-state index in [1.807, 2.05) is 57.2 Å². The third-order valence-electron chi connectivity index (χ3n) is 7.07. The molecule has 7 heteroatoms. The monoisotopic (exact) mass is 512 g/mol. The molecule has 1 fully saturated rings. The molecular weight excluding hydrogens is 480 g/mol. The number of hydrogen-bond acceptors (Lipinski definition) is 7. The number of para-hydroxylation sites is 1. The SMILES string of the molecule is COC(=O)c1ccccc1N[C@H](C)c1cc(C)cc2c(=O)c(C)c(-c3ccc(N4CCOCC4)cc3)oc12. The molecule has 2 heterocycles.